The molecule has 2 amide bonds. The number of nitrogens with zero attached hydrogens (tertiary/aromatic N) is 1. The lowest BCUT2D eigenvalue weighted by Gasteiger charge is -2.28. The standard InChI is InChI=1S/C15H22N2O3/c1-3-16-14(18)8-9-15(19)17(12-6-7-12)11(2)13-5-4-10-20-13/h4-5,10-12H,3,6-9H2,1-2H3,(H,16,18)/t11-/m0/s1. The first-order valence-corrected chi connectivity index (χ1v) is 7.24. The highest BCUT2D eigenvalue weighted by molar-refractivity contribution is 5.84. The third kappa shape index (κ3) is 3.62. The molecular formula is C15H22N2O3. The molecule has 1 heterocycles. The van der Waals surface area contributed by atoms with Gasteiger partial charge in [-0.3, -0.25) is 9.59 Å². The SMILES string of the molecule is CCNC(=O)CCC(=O)N(C1CC1)[C@@H](C)c1ccco1. The number of carbonyl (C=O) groups excluding carboxylic acids is 2. The predicted octanol–water partition coefficient (Wildman–Crippen LogP) is 2.25. The molecule has 1 aromatic rings. The molecule has 0 spiro atoms. The average Bonchev–Trinajstić information content (AvgIpc) is 3.09. The van der Waals surface area contributed by atoms with Crippen LogP contribution in [0.1, 0.15) is 51.3 Å². The molecule has 5 heteroatoms. The largest absolute Gasteiger partial charge is 0.467 e. The number of amides is 2. The fraction of sp³-hybridized carbons (Fsp3) is 0.600. The molecule has 1 saturated carbocycles. The molecule has 1 aliphatic carbocycles. The van der Waals surface area contributed by atoms with Crippen LogP contribution in [0.3, 0.4) is 0 Å². The van der Waals surface area contributed by atoms with Gasteiger partial charge in [-0.15, -0.1) is 0 Å². The molecule has 20 heavy (non-hydrogen) atoms. The van der Waals surface area contributed by atoms with Gasteiger partial charge in [0, 0.05) is 25.4 Å². The average molecular weight is 278 g/mol. The minimum Gasteiger partial charge on any atom is -0.467 e. The fourth-order valence-electron chi connectivity index (χ4n) is 2.39. The lowest BCUT2D eigenvalue weighted by Crippen LogP contribution is -2.36. The van der Waals surface area contributed by atoms with Crippen molar-refractivity contribution in [3.05, 3.63) is 24.2 Å². The van der Waals surface area contributed by atoms with Crippen LogP contribution in [0.4, 0.5) is 0 Å². The molecule has 1 aliphatic rings. The number of hydrogen-bond donors (Lipinski definition) is 1. The van der Waals surface area contributed by atoms with Gasteiger partial charge < -0.3 is 14.6 Å². The minimum atomic E-state index is -0.0702. The van der Waals surface area contributed by atoms with Crippen LogP contribution >= 0.6 is 0 Å². The first kappa shape index (κ1) is 14.6. The Morgan fingerprint density at radius 3 is 2.75 bits per heavy atom. The molecule has 1 N–H and O–H groups in total. The Bertz CT molecular complexity index is 452. The number of carbonyl (C=O) groups is 2. The Kier molecular flexibility index (Phi) is 4.82. The predicted molar refractivity (Wildman–Crippen MR) is 74.9 cm³/mol. The molecule has 0 radical (unpaired) electrons. The van der Waals surface area contributed by atoms with Gasteiger partial charge >= 0.3 is 0 Å². The zero-order valence-electron chi connectivity index (χ0n) is 12.1. The smallest absolute Gasteiger partial charge is 0.223 e. The molecule has 0 aromatic carbocycles. The first-order chi connectivity index (χ1) is 9.63. The van der Waals surface area contributed by atoms with Crippen LogP contribution in [0.25, 0.3) is 0 Å². The van der Waals surface area contributed by atoms with E-state index < -0.39 is 0 Å². The van der Waals surface area contributed by atoms with Crippen molar-refractivity contribution >= 4 is 11.8 Å². The minimum absolute atomic E-state index is 0.0302. The number of rotatable bonds is 7. The van der Waals surface area contributed by atoms with Crippen LogP contribution in [-0.2, 0) is 9.59 Å². The summed E-state index contributed by atoms with van der Waals surface area (Å²) in [6, 6.07) is 3.95. The summed E-state index contributed by atoms with van der Waals surface area (Å²) in [6.07, 6.45) is 4.21. The third-order valence-corrected chi connectivity index (χ3v) is 3.54. The second-order valence-corrected chi connectivity index (χ2v) is 5.18. The summed E-state index contributed by atoms with van der Waals surface area (Å²) in [4.78, 5) is 25.7. The second-order valence-electron chi connectivity index (χ2n) is 5.18. The summed E-state index contributed by atoms with van der Waals surface area (Å²) >= 11 is 0. The monoisotopic (exact) mass is 278 g/mol. The van der Waals surface area contributed by atoms with Gasteiger partial charge in [-0.1, -0.05) is 0 Å². The second kappa shape index (κ2) is 6.59. The maximum Gasteiger partial charge on any atom is 0.223 e. The number of furan rings is 1. The van der Waals surface area contributed by atoms with Gasteiger partial charge in [-0.05, 0) is 38.8 Å². The van der Waals surface area contributed by atoms with Gasteiger partial charge in [0.15, 0.2) is 0 Å². The van der Waals surface area contributed by atoms with E-state index in [2.05, 4.69) is 5.32 Å². The zero-order chi connectivity index (χ0) is 14.5. The molecule has 5 nitrogen and oxygen atoms in total. The molecule has 0 bridgehead atoms. The molecule has 1 atom stereocenters. The topological polar surface area (TPSA) is 62.6 Å². The van der Waals surface area contributed by atoms with E-state index in [0.717, 1.165) is 18.6 Å². The van der Waals surface area contributed by atoms with E-state index in [4.69, 9.17) is 4.42 Å². The normalized spacial score (nSPS) is 15.7. The number of nitrogens with one attached hydrogen (secondary N) is 1. The van der Waals surface area contributed by atoms with Gasteiger partial charge in [-0.25, -0.2) is 0 Å². The maximum atomic E-state index is 12.4. The molecule has 2 rings (SSSR count). The summed E-state index contributed by atoms with van der Waals surface area (Å²) in [7, 11) is 0. The number of hydrogen-bond acceptors (Lipinski definition) is 3. The van der Waals surface area contributed by atoms with Gasteiger partial charge in [0.05, 0.1) is 12.3 Å². The van der Waals surface area contributed by atoms with Crippen molar-refractivity contribution in [3.8, 4) is 0 Å². The van der Waals surface area contributed by atoms with Crippen LogP contribution in [0.5, 0.6) is 0 Å². The lowest BCUT2D eigenvalue weighted by molar-refractivity contribution is -0.136. The van der Waals surface area contributed by atoms with E-state index in [-0.39, 0.29) is 30.7 Å². The molecule has 0 aliphatic heterocycles. The summed E-state index contributed by atoms with van der Waals surface area (Å²) in [5.41, 5.74) is 0. The van der Waals surface area contributed by atoms with Crippen molar-refractivity contribution in [2.75, 3.05) is 6.54 Å². The van der Waals surface area contributed by atoms with Crippen molar-refractivity contribution in [3.63, 3.8) is 0 Å². The Hall–Kier alpha value is -1.78. The highest BCUT2D eigenvalue weighted by atomic mass is 16.3. The maximum absolute atomic E-state index is 12.4. The van der Waals surface area contributed by atoms with Gasteiger partial charge in [0.1, 0.15) is 5.76 Å². The highest BCUT2D eigenvalue weighted by Crippen LogP contribution is 2.35. The quantitative estimate of drug-likeness (QED) is 0.832. The summed E-state index contributed by atoms with van der Waals surface area (Å²) in [5.74, 6) is 0.758. The lowest BCUT2D eigenvalue weighted by atomic mass is 10.1. The van der Waals surface area contributed by atoms with E-state index in [1.54, 1.807) is 6.26 Å². The van der Waals surface area contributed by atoms with E-state index in [1.165, 1.54) is 0 Å². The summed E-state index contributed by atoms with van der Waals surface area (Å²) in [6.45, 7) is 4.44. The van der Waals surface area contributed by atoms with Crippen LogP contribution in [-0.4, -0.2) is 29.3 Å². The molecule has 0 saturated heterocycles. The van der Waals surface area contributed by atoms with Crippen LogP contribution < -0.4 is 5.32 Å². The Morgan fingerprint density at radius 2 is 2.20 bits per heavy atom. The van der Waals surface area contributed by atoms with E-state index in [0.29, 0.717) is 12.6 Å². The van der Waals surface area contributed by atoms with Gasteiger partial charge in [0.25, 0.3) is 0 Å². The Balaban J connectivity index is 1.94. The molecular weight excluding hydrogens is 256 g/mol. The van der Waals surface area contributed by atoms with Crippen molar-refractivity contribution in [2.24, 2.45) is 0 Å². The zero-order valence-corrected chi connectivity index (χ0v) is 12.1. The van der Waals surface area contributed by atoms with Gasteiger partial charge in [0.2, 0.25) is 11.8 Å². The van der Waals surface area contributed by atoms with E-state index >= 15 is 0 Å². The van der Waals surface area contributed by atoms with Crippen molar-refractivity contribution < 1.29 is 14.0 Å². The fourth-order valence-corrected chi connectivity index (χ4v) is 2.39. The Morgan fingerprint density at radius 1 is 1.45 bits per heavy atom. The third-order valence-electron chi connectivity index (χ3n) is 3.54. The molecule has 110 valence electrons. The van der Waals surface area contributed by atoms with Crippen molar-refractivity contribution in [2.45, 2.75) is 51.6 Å². The molecule has 1 fully saturated rings. The molecule has 1 aromatic heterocycles. The van der Waals surface area contributed by atoms with E-state index in [1.807, 2.05) is 30.9 Å². The summed E-state index contributed by atoms with van der Waals surface area (Å²) < 4.78 is 5.40. The van der Waals surface area contributed by atoms with Crippen molar-refractivity contribution in [1.82, 2.24) is 10.2 Å². The van der Waals surface area contributed by atoms with Gasteiger partial charge in [-0.2, -0.15) is 0 Å². The first-order valence-electron chi connectivity index (χ1n) is 7.24. The molecule has 0 unspecified atom stereocenters. The van der Waals surface area contributed by atoms with Crippen LogP contribution in [0.15, 0.2) is 22.8 Å². The van der Waals surface area contributed by atoms with Crippen LogP contribution in [0, 0.1) is 0 Å². The highest BCUT2D eigenvalue weighted by Gasteiger charge is 2.36. The summed E-state index contributed by atoms with van der Waals surface area (Å²) in [5, 5.41) is 2.71. The van der Waals surface area contributed by atoms with Crippen molar-refractivity contribution in [1.29, 1.82) is 0 Å². The van der Waals surface area contributed by atoms with Crippen LogP contribution in [0.2, 0.25) is 0 Å². The van der Waals surface area contributed by atoms with E-state index in [9.17, 15) is 9.59 Å². The Labute approximate surface area is 119 Å².